The number of thioether (sulfide) groups is 1. The number of fused-ring (bicyclic) bond motifs is 1. The zero-order valence-electron chi connectivity index (χ0n) is 12.0. The summed E-state index contributed by atoms with van der Waals surface area (Å²) in [7, 11) is 0. The zero-order chi connectivity index (χ0) is 14.9. The third kappa shape index (κ3) is 3.27. The third-order valence-electron chi connectivity index (χ3n) is 3.66. The van der Waals surface area contributed by atoms with Crippen molar-refractivity contribution in [2.75, 3.05) is 5.88 Å². The van der Waals surface area contributed by atoms with E-state index < -0.39 is 5.00 Å². The summed E-state index contributed by atoms with van der Waals surface area (Å²) in [5.41, 5.74) is 3.42. The molecule has 21 heavy (non-hydrogen) atoms. The molecule has 1 aliphatic carbocycles. The fraction of sp³-hybridized carbons (Fsp3) is 0.438. The van der Waals surface area contributed by atoms with Crippen molar-refractivity contribution >= 4 is 23.4 Å². The van der Waals surface area contributed by atoms with Crippen LogP contribution in [0.1, 0.15) is 31.0 Å². The normalized spacial score (nSPS) is 17.3. The maximum Gasteiger partial charge on any atom is 0.171 e. The van der Waals surface area contributed by atoms with E-state index in [9.17, 15) is 4.39 Å². The summed E-state index contributed by atoms with van der Waals surface area (Å²) in [6, 6.07) is 7.77. The van der Waals surface area contributed by atoms with Crippen LogP contribution < -0.4 is 0 Å². The summed E-state index contributed by atoms with van der Waals surface area (Å²) in [5.74, 6) is -0.0401. The average Bonchev–Trinajstić information content (AvgIpc) is 2.91. The first-order valence-corrected chi connectivity index (χ1v) is 8.55. The number of halogens is 2. The quantitative estimate of drug-likeness (QED) is 0.595. The van der Waals surface area contributed by atoms with E-state index in [-0.39, 0.29) is 5.88 Å². The topological polar surface area (TPSA) is 17.8 Å². The molecule has 1 aliphatic rings. The molecular weight excluding hydrogens is 307 g/mol. The van der Waals surface area contributed by atoms with Crippen molar-refractivity contribution in [2.45, 2.75) is 42.5 Å². The first-order valence-electron chi connectivity index (χ1n) is 7.20. The van der Waals surface area contributed by atoms with E-state index in [4.69, 9.17) is 11.6 Å². The van der Waals surface area contributed by atoms with Gasteiger partial charge in [-0.2, -0.15) is 5.10 Å². The SMILES string of the molecule is CC(F)(CCl)Sc1ccccc1-n1cc2c(n1)CCCC2. The Kier molecular flexibility index (Phi) is 4.27. The lowest BCUT2D eigenvalue weighted by Gasteiger charge is -2.18. The summed E-state index contributed by atoms with van der Waals surface area (Å²) < 4.78 is 16.1. The minimum absolute atomic E-state index is 0.0401. The molecular formula is C16H18ClFN2S. The number of benzene rings is 1. The van der Waals surface area contributed by atoms with E-state index in [1.54, 1.807) is 0 Å². The number of aryl methyl sites for hydroxylation is 2. The third-order valence-corrected chi connectivity index (χ3v) is 5.46. The highest BCUT2D eigenvalue weighted by Crippen LogP contribution is 2.38. The maximum absolute atomic E-state index is 14.2. The smallest absolute Gasteiger partial charge is 0.171 e. The summed E-state index contributed by atoms with van der Waals surface area (Å²) >= 11 is 6.86. The van der Waals surface area contributed by atoms with Gasteiger partial charge in [0.1, 0.15) is 0 Å². The van der Waals surface area contributed by atoms with Gasteiger partial charge in [0.25, 0.3) is 0 Å². The van der Waals surface area contributed by atoms with E-state index in [0.29, 0.717) is 0 Å². The van der Waals surface area contributed by atoms with Crippen molar-refractivity contribution in [2.24, 2.45) is 0 Å². The Morgan fingerprint density at radius 2 is 2.10 bits per heavy atom. The van der Waals surface area contributed by atoms with Gasteiger partial charge in [0.2, 0.25) is 0 Å². The lowest BCUT2D eigenvalue weighted by Crippen LogP contribution is -2.14. The van der Waals surface area contributed by atoms with Crippen LogP contribution in [-0.4, -0.2) is 20.7 Å². The first kappa shape index (κ1) is 14.9. The van der Waals surface area contributed by atoms with Gasteiger partial charge in [0.15, 0.2) is 5.00 Å². The number of hydrogen-bond donors (Lipinski definition) is 0. The molecule has 0 saturated heterocycles. The standard InChI is InChI=1S/C16H18ClFN2S/c1-16(18,11-17)21-15-9-5-4-8-14(15)20-10-12-6-2-3-7-13(12)19-20/h4-5,8-10H,2-3,6-7,11H2,1H3. The molecule has 0 radical (unpaired) electrons. The molecule has 0 bridgehead atoms. The number of hydrogen-bond acceptors (Lipinski definition) is 2. The molecule has 1 heterocycles. The molecule has 1 aromatic heterocycles. The van der Waals surface area contributed by atoms with Crippen LogP contribution in [0.25, 0.3) is 5.69 Å². The van der Waals surface area contributed by atoms with Crippen LogP contribution in [-0.2, 0) is 12.8 Å². The Bertz CT molecular complexity index is 615. The number of rotatable bonds is 4. The largest absolute Gasteiger partial charge is 0.239 e. The number of aromatic nitrogens is 2. The molecule has 1 unspecified atom stereocenters. The molecule has 1 aromatic carbocycles. The summed E-state index contributed by atoms with van der Waals surface area (Å²) in [5, 5.41) is 3.20. The van der Waals surface area contributed by atoms with Crippen LogP contribution >= 0.6 is 23.4 Å². The highest BCUT2D eigenvalue weighted by Gasteiger charge is 2.25. The van der Waals surface area contributed by atoms with Crippen LogP contribution in [0, 0.1) is 0 Å². The second-order valence-corrected chi connectivity index (χ2v) is 7.32. The molecule has 1 atom stereocenters. The molecule has 0 spiro atoms. The number of para-hydroxylation sites is 1. The van der Waals surface area contributed by atoms with Crippen LogP contribution in [0.3, 0.4) is 0 Å². The van der Waals surface area contributed by atoms with Crippen molar-refractivity contribution < 1.29 is 4.39 Å². The lowest BCUT2D eigenvalue weighted by atomic mass is 9.99. The van der Waals surface area contributed by atoms with Crippen molar-refractivity contribution in [3.05, 3.63) is 41.7 Å². The Balaban J connectivity index is 1.97. The molecule has 112 valence electrons. The van der Waals surface area contributed by atoms with Gasteiger partial charge in [0.05, 0.1) is 17.3 Å². The lowest BCUT2D eigenvalue weighted by molar-refractivity contribution is 0.350. The minimum atomic E-state index is -1.48. The molecule has 0 saturated carbocycles. The molecule has 2 aromatic rings. The summed E-state index contributed by atoms with van der Waals surface area (Å²) in [6.45, 7) is 1.51. The van der Waals surface area contributed by atoms with E-state index in [1.807, 2.05) is 28.9 Å². The van der Waals surface area contributed by atoms with Crippen LogP contribution in [0.5, 0.6) is 0 Å². The van der Waals surface area contributed by atoms with Gasteiger partial charge in [-0.25, -0.2) is 9.07 Å². The Hall–Kier alpha value is -1.00. The summed E-state index contributed by atoms with van der Waals surface area (Å²) in [4.78, 5) is 0.864. The van der Waals surface area contributed by atoms with Gasteiger partial charge >= 0.3 is 0 Å². The fourth-order valence-corrected chi connectivity index (χ4v) is 3.67. The predicted molar refractivity (Wildman–Crippen MR) is 86.3 cm³/mol. The molecule has 0 amide bonds. The number of alkyl halides is 2. The number of nitrogens with zero attached hydrogens (tertiary/aromatic N) is 2. The monoisotopic (exact) mass is 324 g/mol. The van der Waals surface area contributed by atoms with Gasteiger partial charge in [-0.1, -0.05) is 23.9 Å². The Morgan fingerprint density at radius 1 is 1.33 bits per heavy atom. The van der Waals surface area contributed by atoms with Crippen molar-refractivity contribution in [1.29, 1.82) is 0 Å². The van der Waals surface area contributed by atoms with Crippen LogP contribution in [0.2, 0.25) is 0 Å². The Labute approximate surface area is 133 Å². The highest BCUT2D eigenvalue weighted by molar-refractivity contribution is 8.00. The van der Waals surface area contributed by atoms with Crippen molar-refractivity contribution in [3.8, 4) is 5.69 Å². The fourth-order valence-electron chi connectivity index (χ4n) is 2.59. The van der Waals surface area contributed by atoms with Gasteiger partial charge < -0.3 is 0 Å². The van der Waals surface area contributed by atoms with E-state index in [1.165, 1.54) is 31.0 Å². The molecule has 0 N–H and O–H groups in total. The summed E-state index contributed by atoms with van der Waals surface area (Å²) in [6.07, 6.45) is 6.65. The highest BCUT2D eigenvalue weighted by atomic mass is 35.5. The van der Waals surface area contributed by atoms with Gasteiger partial charge in [-0.3, -0.25) is 0 Å². The minimum Gasteiger partial charge on any atom is -0.239 e. The second kappa shape index (κ2) is 6.01. The van der Waals surface area contributed by atoms with Gasteiger partial charge in [0, 0.05) is 11.1 Å². The van der Waals surface area contributed by atoms with E-state index in [0.717, 1.165) is 35.2 Å². The first-order chi connectivity index (χ1) is 10.1. The van der Waals surface area contributed by atoms with E-state index >= 15 is 0 Å². The predicted octanol–water partition coefficient (Wildman–Crippen LogP) is 4.77. The molecule has 3 rings (SSSR count). The average molecular weight is 325 g/mol. The molecule has 5 heteroatoms. The molecule has 2 nitrogen and oxygen atoms in total. The zero-order valence-corrected chi connectivity index (χ0v) is 13.6. The Morgan fingerprint density at radius 3 is 2.86 bits per heavy atom. The van der Waals surface area contributed by atoms with Crippen molar-refractivity contribution in [3.63, 3.8) is 0 Å². The van der Waals surface area contributed by atoms with Crippen LogP contribution in [0.15, 0.2) is 35.4 Å². The second-order valence-electron chi connectivity index (χ2n) is 5.56. The van der Waals surface area contributed by atoms with Crippen LogP contribution in [0.4, 0.5) is 4.39 Å². The van der Waals surface area contributed by atoms with Gasteiger partial charge in [-0.05, 0) is 50.3 Å². The van der Waals surface area contributed by atoms with Gasteiger partial charge in [-0.15, -0.1) is 11.6 Å². The van der Waals surface area contributed by atoms with E-state index in [2.05, 4.69) is 11.3 Å². The maximum atomic E-state index is 14.2. The molecule has 0 fully saturated rings. The van der Waals surface area contributed by atoms with Crippen molar-refractivity contribution in [1.82, 2.24) is 9.78 Å². The molecule has 0 aliphatic heterocycles.